The maximum absolute atomic E-state index is 13.2. The van der Waals surface area contributed by atoms with Crippen LogP contribution in [0.4, 0.5) is 4.79 Å². The van der Waals surface area contributed by atoms with Gasteiger partial charge in [0, 0.05) is 12.5 Å². The minimum Gasteiger partial charge on any atom is -0.480 e. The number of alkyl carbamates (subject to hydrolysis) is 1. The van der Waals surface area contributed by atoms with Gasteiger partial charge >= 0.3 is 12.1 Å². The Bertz CT molecular complexity index is 1100. The van der Waals surface area contributed by atoms with Crippen LogP contribution < -0.4 is 5.32 Å². The number of carbonyl (C=O) groups excluding carboxylic acids is 2. The van der Waals surface area contributed by atoms with Crippen molar-refractivity contribution in [2.24, 2.45) is 5.92 Å². The molecule has 0 radical (unpaired) electrons. The van der Waals surface area contributed by atoms with Crippen LogP contribution in [0.3, 0.4) is 0 Å². The van der Waals surface area contributed by atoms with Gasteiger partial charge in [0.05, 0.1) is 12.0 Å². The Morgan fingerprint density at radius 2 is 1.66 bits per heavy atom. The zero-order chi connectivity index (χ0) is 24.6. The second-order valence-corrected chi connectivity index (χ2v) is 10.3. The maximum Gasteiger partial charge on any atom is 0.407 e. The van der Waals surface area contributed by atoms with E-state index in [1.807, 2.05) is 31.2 Å². The van der Waals surface area contributed by atoms with Crippen molar-refractivity contribution in [1.82, 2.24) is 10.2 Å². The molecule has 7 heteroatoms. The summed E-state index contributed by atoms with van der Waals surface area (Å²) in [6, 6.07) is 15.6. The second kappa shape index (κ2) is 9.36. The van der Waals surface area contributed by atoms with Gasteiger partial charge in [0.15, 0.2) is 0 Å². The summed E-state index contributed by atoms with van der Waals surface area (Å²) in [6.45, 7) is 2.69. The lowest BCUT2D eigenvalue weighted by atomic mass is 9.74. The number of hydrogen-bond donors (Lipinski definition) is 2. The number of aliphatic carboxylic acids is 1. The van der Waals surface area contributed by atoms with Crippen LogP contribution in [0.1, 0.15) is 62.5 Å². The van der Waals surface area contributed by atoms with Crippen LogP contribution in [-0.4, -0.2) is 52.7 Å². The van der Waals surface area contributed by atoms with Gasteiger partial charge in [-0.15, -0.1) is 0 Å². The van der Waals surface area contributed by atoms with Crippen LogP contribution in [-0.2, 0) is 14.3 Å². The minimum atomic E-state index is -0.961. The Kier molecular flexibility index (Phi) is 6.26. The Morgan fingerprint density at radius 1 is 1.03 bits per heavy atom. The van der Waals surface area contributed by atoms with Gasteiger partial charge in [-0.05, 0) is 60.3 Å². The number of nitrogens with zero attached hydrogens (tertiary/aromatic N) is 1. The van der Waals surface area contributed by atoms with Crippen molar-refractivity contribution in [3.8, 4) is 11.1 Å². The summed E-state index contributed by atoms with van der Waals surface area (Å²) >= 11 is 0. The van der Waals surface area contributed by atoms with Crippen LogP contribution in [0.15, 0.2) is 48.5 Å². The number of rotatable bonds is 6. The molecule has 2 aliphatic carbocycles. The van der Waals surface area contributed by atoms with E-state index in [4.69, 9.17) is 4.74 Å². The van der Waals surface area contributed by atoms with E-state index in [0.29, 0.717) is 25.8 Å². The molecule has 2 atom stereocenters. The highest BCUT2D eigenvalue weighted by Crippen LogP contribution is 2.44. The van der Waals surface area contributed by atoms with E-state index in [2.05, 4.69) is 29.6 Å². The first kappa shape index (κ1) is 23.4. The first-order chi connectivity index (χ1) is 16.9. The molecule has 1 saturated carbocycles. The van der Waals surface area contributed by atoms with Gasteiger partial charge in [0.2, 0.25) is 5.91 Å². The summed E-state index contributed by atoms with van der Waals surface area (Å²) in [5.41, 5.74) is 3.97. The Morgan fingerprint density at radius 3 is 2.23 bits per heavy atom. The SMILES string of the molecule is CC1CCC(C(=O)O)N(C(=O)CC2(NC(=O)OCC3c4ccccc4-c4ccccc43)CCC2)C1. The number of fused-ring (bicyclic) bond motifs is 3. The molecule has 1 saturated heterocycles. The number of carboxylic acids is 1. The summed E-state index contributed by atoms with van der Waals surface area (Å²) < 4.78 is 5.71. The normalized spacial score (nSPS) is 22.5. The molecule has 2 aromatic rings. The summed E-state index contributed by atoms with van der Waals surface area (Å²) in [6.07, 6.45) is 3.12. The zero-order valence-corrected chi connectivity index (χ0v) is 20.0. The van der Waals surface area contributed by atoms with Gasteiger partial charge in [-0.3, -0.25) is 4.79 Å². The monoisotopic (exact) mass is 476 g/mol. The topological polar surface area (TPSA) is 95.9 Å². The fourth-order valence-corrected chi connectivity index (χ4v) is 5.88. The van der Waals surface area contributed by atoms with Gasteiger partial charge in [-0.1, -0.05) is 55.5 Å². The standard InChI is InChI=1S/C28H32N2O5/c1-18-11-12-24(26(32)33)30(16-18)25(31)15-28(13-6-14-28)29-27(34)35-17-23-21-9-4-2-7-19(21)20-8-3-5-10-22(20)23/h2-5,7-10,18,23-24H,6,11-17H2,1H3,(H,29,34)(H,32,33). The summed E-state index contributed by atoms with van der Waals surface area (Å²) in [5, 5.41) is 12.6. The van der Waals surface area contributed by atoms with E-state index in [1.165, 1.54) is 16.0 Å². The third-order valence-electron chi connectivity index (χ3n) is 7.93. The number of hydrogen-bond acceptors (Lipinski definition) is 4. The van der Waals surface area contributed by atoms with Crippen molar-refractivity contribution in [2.75, 3.05) is 13.2 Å². The van der Waals surface area contributed by atoms with Crippen molar-refractivity contribution >= 4 is 18.0 Å². The first-order valence-corrected chi connectivity index (χ1v) is 12.5. The molecule has 0 aromatic heterocycles. The molecule has 2 fully saturated rings. The fourth-order valence-electron chi connectivity index (χ4n) is 5.88. The van der Waals surface area contributed by atoms with Crippen LogP contribution in [0, 0.1) is 5.92 Å². The van der Waals surface area contributed by atoms with Crippen molar-refractivity contribution in [2.45, 2.75) is 62.9 Å². The number of amides is 2. The fraction of sp³-hybridized carbons (Fsp3) is 0.464. The molecule has 2 N–H and O–H groups in total. The lowest BCUT2D eigenvalue weighted by Gasteiger charge is -2.44. The molecule has 1 heterocycles. The number of benzene rings is 2. The average molecular weight is 477 g/mol. The molecule has 2 aromatic carbocycles. The first-order valence-electron chi connectivity index (χ1n) is 12.5. The number of piperidine rings is 1. The predicted molar refractivity (Wildman–Crippen MR) is 131 cm³/mol. The number of likely N-dealkylation sites (tertiary alicyclic amines) is 1. The van der Waals surface area contributed by atoms with E-state index in [9.17, 15) is 19.5 Å². The van der Waals surface area contributed by atoms with E-state index in [0.717, 1.165) is 24.0 Å². The van der Waals surface area contributed by atoms with Crippen LogP contribution in [0.5, 0.6) is 0 Å². The zero-order valence-electron chi connectivity index (χ0n) is 20.0. The van der Waals surface area contributed by atoms with Gasteiger partial charge in [-0.2, -0.15) is 0 Å². The molecule has 7 nitrogen and oxygen atoms in total. The van der Waals surface area contributed by atoms with Crippen LogP contribution >= 0.6 is 0 Å². The van der Waals surface area contributed by atoms with E-state index >= 15 is 0 Å². The number of carboxylic acid groups (broad SMARTS) is 1. The molecular weight excluding hydrogens is 444 g/mol. The summed E-state index contributed by atoms with van der Waals surface area (Å²) in [5.74, 6) is -0.930. The minimum absolute atomic E-state index is 0.0294. The third kappa shape index (κ3) is 4.51. The highest BCUT2D eigenvalue weighted by Gasteiger charge is 2.44. The van der Waals surface area contributed by atoms with E-state index in [1.54, 1.807) is 0 Å². The van der Waals surface area contributed by atoms with Crippen molar-refractivity contribution in [3.05, 3.63) is 59.7 Å². The van der Waals surface area contributed by atoms with Crippen molar-refractivity contribution in [1.29, 1.82) is 0 Å². The van der Waals surface area contributed by atoms with Gasteiger partial charge < -0.3 is 20.1 Å². The lowest BCUT2D eigenvalue weighted by Crippen LogP contribution is -2.58. The van der Waals surface area contributed by atoms with Gasteiger partial charge in [0.1, 0.15) is 12.6 Å². The van der Waals surface area contributed by atoms with Crippen LogP contribution in [0.2, 0.25) is 0 Å². The molecule has 184 valence electrons. The molecule has 3 aliphatic rings. The molecule has 1 aliphatic heterocycles. The second-order valence-electron chi connectivity index (χ2n) is 10.3. The van der Waals surface area contributed by atoms with Crippen LogP contribution in [0.25, 0.3) is 11.1 Å². The van der Waals surface area contributed by atoms with Crippen molar-refractivity contribution in [3.63, 3.8) is 0 Å². The maximum atomic E-state index is 13.2. The summed E-state index contributed by atoms with van der Waals surface area (Å²) in [4.78, 5) is 39.2. The van der Waals surface area contributed by atoms with Crippen molar-refractivity contribution < 1.29 is 24.2 Å². The van der Waals surface area contributed by atoms with Gasteiger partial charge in [0.25, 0.3) is 0 Å². The molecule has 2 amide bonds. The number of ether oxygens (including phenoxy) is 1. The Hall–Kier alpha value is -3.35. The summed E-state index contributed by atoms with van der Waals surface area (Å²) in [7, 11) is 0. The predicted octanol–water partition coefficient (Wildman–Crippen LogP) is 4.55. The van der Waals surface area contributed by atoms with Gasteiger partial charge in [-0.25, -0.2) is 9.59 Å². The van der Waals surface area contributed by atoms with E-state index < -0.39 is 23.6 Å². The molecule has 0 spiro atoms. The molecule has 2 unspecified atom stereocenters. The van der Waals surface area contributed by atoms with E-state index in [-0.39, 0.29) is 30.8 Å². The Balaban J connectivity index is 1.23. The largest absolute Gasteiger partial charge is 0.480 e. The Labute approximate surface area is 205 Å². The number of nitrogens with one attached hydrogen (secondary N) is 1. The quantitative estimate of drug-likeness (QED) is 0.638. The smallest absolute Gasteiger partial charge is 0.407 e. The average Bonchev–Trinajstić information content (AvgIpc) is 3.14. The molecule has 35 heavy (non-hydrogen) atoms. The molecule has 5 rings (SSSR count). The highest BCUT2D eigenvalue weighted by atomic mass is 16.5. The molecular formula is C28H32N2O5. The molecule has 0 bridgehead atoms. The number of carbonyl (C=O) groups is 3. The highest BCUT2D eigenvalue weighted by molar-refractivity contribution is 5.85. The lowest BCUT2D eigenvalue weighted by molar-refractivity contribution is -0.154. The third-order valence-corrected chi connectivity index (χ3v) is 7.93.